The van der Waals surface area contributed by atoms with E-state index in [0.717, 1.165) is 19.3 Å². The summed E-state index contributed by atoms with van der Waals surface area (Å²) in [6.45, 7) is 10.1. The van der Waals surface area contributed by atoms with Crippen LogP contribution in [0.2, 0.25) is 0 Å². The fourth-order valence-electron chi connectivity index (χ4n) is 1.68. The molecule has 0 aromatic carbocycles. The predicted molar refractivity (Wildman–Crippen MR) is 101 cm³/mol. The zero-order valence-corrected chi connectivity index (χ0v) is 17.4. The van der Waals surface area contributed by atoms with E-state index in [0.29, 0.717) is 13.1 Å². The van der Waals surface area contributed by atoms with Gasteiger partial charge >= 0.3 is 0 Å². The maximum atomic E-state index is 11.6. The lowest BCUT2D eigenvalue weighted by Gasteiger charge is -2.21. The van der Waals surface area contributed by atoms with E-state index in [-0.39, 0.29) is 36.6 Å². The molecule has 156 valence electrons. The molecule has 0 radical (unpaired) electrons. The number of unbranched alkanes of at least 4 members (excludes halogenated alkanes) is 2. The van der Waals surface area contributed by atoms with Crippen molar-refractivity contribution < 1.29 is 28.7 Å². The first-order valence-electron chi connectivity index (χ1n) is 9.22. The zero-order valence-electron chi connectivity index (χ0n) is 17.4. The number of rotatable bonds is 14. The minimum absolute atomic E-state index is 0.132. The van der Waals surface area contributed by atoms with Gasteiger partial charge in [0.25, 0.3) is 0 Å². The molecular weight excluding hydrogens is 352 g/mol. The van der Waals surface area contributed by atoms with E-state index in [1.165, 1.54) is 13.8 Å². The normalized spacial score (nSPS) is 11.8. The fraction of sp³-hybridized carbons (Fsp3) is 0.789. The fourth-order valence-corrected chi connectivity index (χ4v) is 1.68. The molecule has 8 heteroatoms. The second-order valence-electron chi connectivity index (χ2n) is 7.47. The van der Waals surface area contributed by atoms with Crippen LogP contribution in [0.15, 0.2) is 0 Å². The Hall–Kier alpha value is -1.80. The number of Topliss-reactive ketones (excluding diaryl/α,β-unsaturated/α-hetero) is 2. The van der Waals surface area contributed by atoms with Crippen molar-refractivity contribution in [1.29, 1.82) is 0 Å². The molecule has 0 saturated carbocycles. The topological polar surface area (TPSA) is 111 Å². The highest BCUT2D eigenvalue weighted by Gasteiger charge is 2.25. The lowest BCUT2D eigenvalue weighted by atomic mass is 10.1. The molecule has 0 heterocycles. The SMILES string of the molecule is CC(=O)C(C)(C)OCC(=O)NCCCCCNC(=O)COC(C)(C)C(C)=O. The molecule has 0 aromatic rings. The van der Waals surface area contributed by atoms with E-state index in [9.17, 15) is 19.2 Å². The summed E-state index contributed by atoms with van der Waals surface area (Å²) in [6.07, 6.45) is 2.37. The summed E-state index contributed by atoms with van der Waals surface area (Å²) in [5.41, 5.74) is -1.92. The number of ether oxygens (including phenoxy) is 2. The Bertz CT molecular complexity index is 482. The lowest BCUT2D eigenvalue weighted by Crippen LogP contribution is -2.38. The third-order valence-electron chi connectivity index (χ3n) is 4.32. The van der Waals surface area contributed by atoms with Gasteiger partial charge in [-0.2, -0.15) is 0 Å². The molecule has 0 aliphatic carbocycles. The lowest BCUT2D eigenvalue weighted by molar-refractivity contribution is -0.145. The van der Waals surface area contributed by atoms with E-state index in [4.69, 9.17) is 9.47 Å². The van der Waals surface area contributed by atoms with Gasteiger partial charge in [0, 0.05) is 13.1 Å². The Morgan fingerprint density at radius 3 is 1.30 bits per heavy atom. The Labute approximate surface area is 161 Å². The van der Waals surface area contributed by atoms with Crippen LogP contribution in [0.3, 0.4) is 0 Å². The van der Waals surface area contributed by atoms with Crippen molar-refractivity contribution in [3.63, 3.8) is 0 Å². The summed E-state index contributed by atoms with van der Waals surface area (Å²) in [6, 6.07) is 0. The summed E-state index contributed by atoms with van der Waals surface area (Å²) in [5, 5.41) is 5.45. The molecule has 0 rings (SSSR count). The number of nitrogens with one attached hydrogen (secondary N) is 2. The van der Waals surface area contributed by atoms with Crippen molar-refractivity contribution >= 4 is 23.4 Å². The predicted octanol–water partition coefficient (Wildman–Crippen LogP) is 1.16. The maximum absolute atomic E-state index is 11.6. The molecule has 0 aromatic heterocycles. The van der Waals surface area contributed by atoms with E-state index >= 15 is 0 Å². The molecule has 2 amide bonds. The summed E-state index contributed by atoms with van der Waals surface area (Å²) in [5.74, 6) is -0.786. The third-order valence-corrected chi connectivity index (χ3v) is 4.32. The number of amides is 2. The minimum Gasteiger partial charge on any atom is -0.358 e. The zero-order chi connectivity index (χ0) is 21.1. The number of carbonyl (C=O) groups excluding carboxylic acids is 4. The van der Waals surface area contributed by atoms with Gasteiger partial charge in [0.2, 0.25) is 11.8 Å². The first-order chi connectivity index (χ1) is 12.4. The second-order valence-corrected chi connectivity index (χ2v) is 7.47. The average molecular weight is 386 g/mol. The summed E-state index contributed by atoms with van der Waals surface area (Å²) < 4.78 is 10.6. The van der Waals surface area contributed by atoms with Gasteiger partial charge in [0.05, 0.1) is 0 Å². The van der Waals surface area contributed by atoms with Crippen LogP contribution in [0.4, 0.5) is 0 Å². The quantitative estimate of drug-likeness (QED) is 0.433. The van der Waals surface area contributed by atoms with Gasteiger partial charge in [-0.3, -0.25) is 19.2 Å². The molecule has 0 unspecified atom stereocenters. The van der Waals surface area contributed by atoms with Crippen LogP contribution in [-0.4, -0.2) is 60.9 Å². The Morgan fingerprint density at radius 2 is 1.00 bits per heavy atom. The van der Waals surface area contributed by atoms with Crippen LogP contribution >= 0.6 is 0 Å². The smallest absolute Gasteiger partial charge is 0.246 e. The van der Waals surface area contributed by atoms with E-state index < -0.39 is 11.2 Å². The Kier molecular flexibility index (Phi) is 11.0. The molecule has 0 fully saturated rings. The van der Waals surface area contributed by atoms with E-state index in [1.54, 1.807) is 27.7 Å². The molecule has 0 aliphatic heterocycles. The first kappa shape index (κ1) is 25.2. The molecule has 8 nitrogen and oxygen atoms in total. The largest absolute Gasteiger partial charge is 0.358 e. The van der Waals surface area contributed by atoms with Crippen LogP contribution in [0.1, 0.15) is 60.8 Å². The van der Waals surface area contributed by atoms with Crippen molar-refractivity contribution in [1.82, 2.24) is 10.6 Å². The first-order valence-corrected chi connectivity index (χ1v) is 9.22. The molecule has 0 bridgehead atoms. The van der Waals surface area contributed by atoms with Gasteiger partial charge in [0.15, 0.2) is 11.6 Å². The Morgan fingerprint density at radius 1 is 0.667 bits per heavy atom. The highest BCUT2D eigenvalue weighted by molar-refractivity contribution is 5.85. The highest BCUT2D eigenvalue weighted by atomic mass is 16.5. The third kappa shape index (κ3) is 11.5. The number of carbonyl (C=O) groups is 4. The molecule has 2 N–H and O–H groups in total. The molecular formula is C19H34N2O6. The van der Waals surface area contributed by atoms with Crippen LogP contribution in [-0.2, 0) is 28.7 Å². The van der Waals surface area contributed by atoms with Gasteiger partial charge < -0.3 is 20.1 Å². The van der Waals surface area contributed by atoms with Gasteiger partial charge in [-0.25, -0.2) is 0 Å². The number of ketones is 2. The van der Waals surface area contributed by atoms with Crippen molar-refractivity contribution in [3.8, 4) is 0 Å². The molecule has 0 spiro atoms. The van der Waals surface area contributed by atoms with E-state index in [1.807, 2.05) is 0 Å². The number of hydrogen-bond acceptors (Lipinski definition) is 6. The van der Waals surface area contributed by atoms with Crippen molar-refractivity contribution in [3.05, 3.63) is 0 Å². The minimum atomic E-state index is -0.959. The average Bonchev–Trinajstić information content (AvgIpc) is 2.57. The van der Waals surface area contributed by atoms with Crippen molar-refractivity contribution in [2.45, 2.75) is 72.0 Å². The second kappa shape index (κ2) is 11.8. The van der Waals surface area contributed by atoms with Crippen LogP contribution in [0.5, 0.6) is 0 Å². The summed E-state index contributed by atoms with van der Waals surface area (Å²) in [7, 11) is 0. The van der Waals surface area contributed by atoms with Gasteiger partial charge in [-0.1, -0.05) is 0 Å². The van der Waals surface area contributed by atoms with Gasteiger partial charge in [0.1, 0.15) is 24.4 Å². The molecule has 0 saturated heterocycles. The van der Waals surface area contributed by atoms with Crippen LogP contribution < -0.4 is 10.6 Å². The summed E-state index contributed by atoms with van der Waals surface area (Å²) >= 11 is 0. The Balaban J connectivity index is 3.70. The highest BCUT2D eigenvalue weighted by Crippen LogP contribution is 2.10. The van der Waals surface area contributed by atoms with Crippen LogP contribution in [0.25, 0.3) is 0 Å². The molecule has 27 heavy (non-hydrogen) atoms. The monoisotopic (exact) mass is 386 g/mol. The molecule has 0 aliphatic rings. The van der Waals surface area contributed by atoms with Gasteiger partial charge in [-0.05, 0) is 60.8 Å². The maximum Gasteiger partial charge on any atom is 0.246 e. The number of hydrogen-bond donors (Lipinski definition) is 2. The standard InChI is InChI=1S/C19H34N2O6/c1-14(22)18(3,4)26-12-16(24)20-10-8-7-9-11-21-17(25)13-27-19(5,6)15(2)23/h7-13H2,1-6H3,(H,20,24)(H,21,25). The van der Waals surface area contributed by atoms with E-state index in [2.05, 4.69) is 10.6 Å². The molecule has 0 atom stereocenters. The van der Waals surface area contributed by atoms with Crippen molar-refractivity contribution in [2.75, 3.05) is 26.3 Å². The van der Waals surface area contributed by atoms with Gasteiger partial charge in [-0.15, -0.1) is 0 Å². The van der Waals surface area contributed by atoms with Crippen LogP contribution in [0, 0.1) is 0 Å². The van der Waals surface area contributed by atoms with Crippen molar-refractivity contribution in [2.24, 2.45) is 0 Å². The summed E-state index contributed by atoms with van der Waals surface area (Å²) in [4.78, 5) is 45.9.